The maximum atomic E-state index is 13.2. The fourth-order valence-corrected chi connectivity index (χ4v) is 3.69. The fourth-order valence-electron chi connectivity index (χ4n) is 3.69. The summed E-state index contributed by atoms with van der Waals surface area (Å²) in [6.45, 7) is 7.05. The van der Waals surface area contributed by atoms with Gasteiger partial charge >= 0.3 is 0 Å². The molecule has 1 saturated heterocycles. The number of nitrogens with zero attached hydrogens (tertiary/aromatic N) is 3. The molecule has 4 nitrogen and oxygen atoms in total. The maximum Gasteiger partial charge on any atom is 0.224 e. The second-order valence-corrected chi connectivity index (χ2v) is 7.75. The molecule has 0 N–H and O–H groups in total. The minimum absolute atomic E-state index is 0.0958. The van der Waals surface area contributed by atoms with Crippen molar-refractivity contribution in [2.75, 3.05) is 13.1 Å². The van der Waals surface area contributed by atoms with Crippen molar-refractivity contribution in [2.45, 2.75) is 39.4 Å². The van der Waals surface area contributed by atoms with Crippen molar-refractivity contribution in [1.82, 2.24) is 9.80 Å². The van der Waals surface area contributed by atoms with Crippen LogP contribution in [0.15, 0.2) is 48.5 Å². The molecule has 0 aliphatic carbocycles. The van der Waals surface area contributed by atoms with Gasteiger partial charge < -0.3 is 4.90 Å². The van der Waals surface area contributed by atoms with E-state index in [4.69, 9.17) is 5.26 Å². The van der Waals surface area contributed by atoms with Crippen LogP contribution in [0.5, 0.6) is 0 Å². The van der Waals surface area contributed by atoms with E-state index >= 15 is 0 Å². The average Bonchev–Trinajstić information content (AvgIpc) is 2.84. The van der Waals surface area contributed by atoms with E-state index in [1.807, 2.05) is 29.2 Å². The first-order valence-electron chi connectivity index (χ1n) is 9.71. The maximum absolute atomic E-state index is 13.2. The number of amides is 1. The first kappa shape index (κ1) is 20.0. The van der Waals surface area contributed by atoms with E-state index in [9.17, 15) is 9.18 Å². The summed E-state index contributed by atoms with van der Waals surface area (Å²) in [4.78, 5) is 17.1. The van der Waals surface area contributed by atoms with Crippen LogP contribution >= 0.6 is 0 Å². The van der Waals surface area contributed by atoms with Crippen LogP contribution in [0.4, 0.5) is 4.39 Å². The second-order valence-electron chi connectivity index (χ2n) is 7.75. The molecule has 1 amide bonds. The highest BCUT2D eigenvalue weighted by molar-refractivity contribution is 5.77. The Morgan fingerprint density at radius 3 is 2.29 bits per heavy atom. The van der Waals surface area contributed by atoms with Crippen molar-refractivity contribution in [1.29, 1.82) is 5.26 Å². The zero-order chi connectivity index (χ0) is 20.1. The quantitative estimate of drug-likeness (QED) is 0.790. The minimum atomic E-state index is -0.264. The van der Waals surface area contributed by atoms with Crippen LogP contribution in [0.2, 0.25) is 0 Å². The predicted molar refractivity (Wildman–Crippen MR) is 107 cm³/mol. The van der Waals surface area contributed by atoms with Crippen molar-refractivity contribution in [2.24, 2.45) is 5.92 Å². The number of halogens is 1. The summed E-state index contributed by atoms with van der Waals surface area (Å²) in [5.74, 6) is 0.191. The molecule has 1 fully saturated rings. The topological polar surface area (TPSA) is 47.3 Å². The molecule has 1 unspecified atom stereocenters. The van der Waals surface area contributed by atoms with E-state index in [-0.39, 0.29) is 17.8 Å². The smallest absolute Gasteiger partial charge is 0.224 e. The van der Waals surface area contributed by atoms with Crippen LogP contribution in [-0.2, 0) is 17.9 Å². The molecule has 0 spiro atoms. The van der Waals surface area contributed by atoms with Crippen molar-refractivity contribution in [3.8, 4) is 6.07 Å². The van der Waals surface area contributed by atoms with Crippen LogP contribution in [-0.4, -0.2) is 34.8 Å². The van der Waals surface area contributed by atoms with E-state index in [0.717, 1.165) is 24.2 Å². The van der Waals surface area contributed by atoms with Crippen LogP contribution < -0.4 is 0 Å². The summed E-state index contributed by atoms with van der Waals surface area (Å²) in [5, 5.41) is 8.95. The van der Waals surface area contributed by atoms with Gasteiger partial charge in [-0.15, -0.1) is 0 Å². The third-order valence-electron chi connectivity index (χ3n) is 5.33. The van der Waals surface area contributed by atoms with Crippen molar-refractivity contribution >= 4 is 5.91 Å². The Hall–Kier alpha value is -2.71. The van der Waals surface area contributed by atoms with E-state index in [0.29, 0.717) is 31.0 Å². The Labute approximate surface area is 166 Å². The Bertz CT molecular complexity index is 840. The summed E-state index contributed by atoms with van der Waals surface area (Å²) < 4.78 is 13.2. The molecule has 28 heavy (non-hydrogen) atoms. The van der Waals surface area contributed by atoms with Crippen LogP contribution in [0, 0.1) is 23.1 Å². The molecule has 0 radical (unpaired) electrons. The summed E-state index contributed by atoms with van der Waals surface area (Å²) in [7, 11) is 0. The molecule has 146 valence electrons. The van der Waals surface area contributed by atoms with Gasteiger partial charge in [-0.1, -0.05) is 38.1 Å². The molecule has 5 heteroatoms. The Morgan fingerprint density at radius 2 is 1.68 bits per heavy atom. The first-order valence-corrected chi connectivity index (χ1v) is 9.71. The van der Waals surface area contributed by atoms with Gasteiger partial charge in [-0.25, -0.2) is 4.39 Å². The van der Waals surface area contributed by atoms with E-state index in [1.165, 1.54) is 12.1 Å². The van der Waals surface area contributed by atoms with Crippen LogP contribution in [0.3, 0.4) is 0 Å². The monoisotopic (exact) mass is 379 g/mol. The van der Waals surface area contributed by atoms with Gasteiger partial charge in [0.1, 0.15) is 5.82 Å². The van der Waals surface area contributed by atoms with Gasteiger partial charge in [-0.05, 0) is 41.3 Å². The SMILES string of the molecule is CC(C)C1CN(Cc2ccc(C#N)cc2)CCC(=O)N1Cc1ccc(F)cc1. The molecule has 2 aromatic rings. The lowest BCUT2D eigenvalue weighted by Crippen LogP contribution is -2.45. The van der Waals surface area contributed by atoms with E-state index < -0.39 is 0 Å². The molecule has 1 atom stereocenters. The number of benzene rings is 2. The van der Waals surface area contributed by atoms with Crippen LogP contribution in [0.25, 0.3) is 0 Å². The molecular formula is C23H26FN3O. The number of hydrogen-bond donors (Lipinski definition) is 0. The standard InChI is InChI=1S/C23H26FN3O/c1-17(2)22-16-26(14-19-5-3-18(13-25)4-6-19)12-11-23(28)27(22)15-20-7-9-21(24)10-8-20/h3-10,17,22H,11-12,14-16H2,1-2H3. The van der Waals surface area contributed by atoms with Gasteiger partial charge in [0.05, 0.1) is 11.6 Å². The highest BCUT2D eigenvalue weighted by atomic mass is 19.1. The highest BCUT2D eigenvalue weighted by Gasteiger charge is 2.31. The lowest BCUT2D eigenvalue weighted by molar-refractivity contribution is -0.134. The molecule has 0 bridgehead atoms. The van der Waals surface area contributed by atoms with E-state index in [1.54, 1.807) is 12.1 Å². The lowest BCUT2D eigenvalue weighted by atomic mass is 10.0. The molecule has 1 heterocycles. The first-order chi connectivity index (χ1) is 13.5. The third-order valence-corrected chi connectivity index (χ3v) is 5.33. The van der Waals surface area contributed by atoms with Crippen molar-refractivity contribution < 1.29 is 9.18 Å². The third kappa shape index (κ3) is 4.96. The Kier molecular flexibility index (Phi) is 6.43. The predicted octanol–water partition coefficient (Wildman–Crippen LogP) is 3.96. The van der Waals surface area contributed by atoms with Gasteiger partial charge in [-0.2, -0.15) is 5.26 Å². The Morgan fingerprint density at radius 1 is 1.07 bits per heavy atom. The number of nitriles is 1. The molecule has 3 rings (SSSR count). The number of hydrogen-bond acceptors (Lipinski definition) is 3. The Balaban J connectivity index is 1.75. The largest absolute Gasteiger partial charge is 0.334 e. The fraction of sp³-hybridized carbons (Fsp3) is 0.391. The van der Waals surface area contributed by atoms with Gasteiger partial charge in [0, 0.05) is 38.6 Å². The second kappa shape index (κ2) is 8.99. The normalized spacial score (nSPS) is 18.2. The van der Waals surface area contributed by atoms with Gasteiger partial charge in [-0.3, -0.25) is 9.69 Å². The van der Waals surface area contributed by atoms with Gasteiger partial charge in [0.15, 0.2) is 0 Å². The summed E-state index contributed by atoms with van der Waals surface area (Å²) in [6.07, 6.45) is 0.473. The molecule has 0 saturated carbocycles. The summed E-state index contributed by atoms with van der Waals surface area (Å²) in [5.41, 5.74) is 2.74. The summed E-state index contributed by atoms with van der Waals surface area (Å²) >= 11 is 0. The minimum Gasteiger partial charge on any atom is -0.334 e. The molecule has 1 aliphatic rings. The molecule has 2 aromatic carbocycles. The highest BCUT2D eigenvalue weighted by Crippen LogP contribution is 2.22. The molecular weight excluding hydrogens is 353 g/mol. The average molecular weight is 379 g/mol. The number of rotatable bonds is 5. The zero-order valence-corrected chi connectivity index (χ0v) is 16.4. The van der Waals surface area contributed by atoms with Crippen molar-refractivity contribution in [3.05, 3.63) is 71.0 Å². The van der Waals surface area contributed by atoms with Gasteiger partial charge in [0.25, 0.3) is 0 Å². The molecule has 1 aliphatic heterocycles. The van der Waals surface area contributed by atoms with Gasteiger partial charge in [0.2, 0.25) is 5.91 Å². The zero-order valence-electron chi connectivity index (χ0n) is 16.4. The number of carbonyl (C=O) groups is 1. The number of carbonyl (C=O) groups excluding carboxylic acids is 1. The van der Waals surface area contributed by atoms with E-state index in [2.05, 4.69) is 24.8 Å². The van der Waals surface area contributed by atoms with Crippen LogP contribution in [0.1, 0.15) is 37.0 Å². The van der Waals surface area contributed by atoms with Crippen molar-refractivity contribution in [3.63, 3.8) is 0 Å². The molecule has 0 aromatic heterocycles. The lowest BCUT2D eigenvalue weighted by Gasteiger charge is -2.35. The summed E-state index contributed by atoms with van der Waals surface area (Å²) in [6, 6.07) is 16.2.